The van der Waals surface area contributed by atoms with Crippen LogP contribution in [0.2, 0.25) is 0 Å². The smallest absolute Gasteiger partial charge is 0.0731 e. The Hall–Kier alpha value is -0.0400. The van der Waals surface area contributed by atoms with E-state index in [1.807, 2.05) is 13.8 Å². The van der Waals surface area contributed by atoms with Gasteiger partial charge in [0.15, 0.2) is 0 Å². The van der Waals surface area contributed by atoms with Gasteiger partial charge in [0.05, 0.1) is 12.2 Å². The van der Waals surface area contributed by atoms with Gasteiger partial charge in [-0.05, 0) is 41.9 Å². The molecule has 1 heteroatoms. The van der Waals surface area contributed by atoms with Gasteiger partial charge in [-0.2, -0.15) is 0 Å². The number of hydrogen-bond acceptors (Lipinski definition) is 1. The highest BCUT2D eigenvalue weighted by atomic mass is 16.5. The molecule has 2 aliphatic heterocycles. The van der Waals surface area contributed by atoms with Crippen LogP contribution in [-0.2, 0) is 4.74 Å². The first kappa shape index (κ1) is 16.0. The fourth-order valence-electron chi connectivity index (χ4n) is 3.63. The molecule has 0 aromatic rings. The zero-order chi connectivity index (χ0) is 14.2. The molecule has 0 unspecified atom stereocenters. The standard InChI is InChI=1S/C15H28O.C2H6/c1-12(2,3)14-7-9-15(10-8-14,16-11-14)13(4,5)6;1-2/h7-11H2,1-6H3;1-2H3. The Morgan fingerprint density at radius 1 is 0.722 bits per heavy atom. The van der Waals surface area contributed by atoms with E-state index in [9.17, 15) is 0 Å². The Bertz CT molecular complexity index is 222. The maximum absolute atomic E-state index is 6.36. The van der Waals surface area contributed by atoms with Crippen molar-refractivity contribution in [3.8, 4) is 0 Å². The molecule has 0 aromatic carbocycles. The zero-order valence-electron chi connectivity index (χ0n) is 13.9. The molecule has 2 saturated heterocycles. The molecular formula is C17H34O. The normalized spacial score (nSPS) is 36.0. The van der Waals surface area contributed by atoms with Crippen LogP contribution in [0.3, 0.4) is 0 Å². The van der Waals surface area contributed by atoms with Gasteiger partial charge in [-0.3, -0.25) is 0 Å². The predicted octanol–water partition coefficient (Wildman–Crippen LogP) is 5.43. The number of hydrogen-bond donors (Lipinski definition) is 0. The quantitative estimate of drug-likeness (QED) is 0.560. The third-order valence-electron chi connectivity index (χ3n) is 5.60. The highest BCUT2D eigenvalue weighted by molar-refractivity contribution is 5.07. The van der Waals surface area contributed by atoms with Gasteiger partial charge in [-0.15, -0.1) is 0 Å². The van der Waals surface area contributed by atoms with Crippen molar-refractivity contribution in [2.45, 2.75) is 86.7 Å². The van der Waals surface area contributed by atoms with Gasteiger partial charge >= 0.3 is 0 Å². The molecule has 2 bridgehead atoms. The molecule has 3 fully saturated rings. The van der Waals surface area contributed by atoms with E-state index in [0.717, 1.165) is 6.61 Å². The maximum atomic E-state index is 6.36. The summed E-state index contributed by atoms with van der Waals surface area (Å²) in [4.78, 5) is 0. The summed E-state index contributed by atoms with van der Waals surface area (Å²) in [6.07, 6.45) is 5.23. The summed E-state index contributed by atoms with van der Waals surface area (Å²) in [7, 11) is 0. The molecule has 1 aliphatic carbocycles. The Morgan fingerprint density at radius 2 is 1.17 bits per heavy atom. The lowest BCUT2D eigenvalue weighted by Gasteiger charge is -2.62. The van der Waals surface area contributed by atoms with Crippen LogP contribution in [0, 0.1) is 16.2 Å². The van der Waals surface area contributed by atoms with Gasteiger partial charge < -0.3 is 4.74 Å². The number of rotatable bonds is 0. The first-order valence-electron chi connectivity index (χ1n) is 7.76. The van der Waals surface area contributed by atoms with Crippen LogP contribution < -0.4 is 0 Å². The minimum absolute atomic E-state index is 0.167. The van der Waals surface area contributed by atoms with Crippen LogP contribution in [0.25, 0.3) is 0 Å². The number of fused-ring (bicyclic) bond motifs is 3. The van der Waals surface area contributed by atoms with Crippen molar-refractivity contribution in [3.63, 3.8) is 0 Å². The lowest BCUT2D eigenvalue weighted by molar-refractivity contribution is -0.249. The number of ether oxygens (including phenoxy) is 1. The molecule has 0 N–H and O–H groups in total. The highest BCUT2D eigenvalue weighted by Gasteiger charge is 2.58. The summed E-state index contributed by atoms with van der Waals surface area (Å²) in [5.74, 6) is 0. The maximum Gasteiger partial charge on any atom is 0.0731 e. The van der Waals surface area contributed by atoms with E-state index in [-0.39, 0.29) is 11.0 Å². The van der Waals surface area contributed by atoms with E-state index in [1.165, 1.54) is 25.7 Å². The van der Waals surface area contributed by atoms with Crippen LogP contribution >= 0.6 is 0 Å². The van der Waals surface area contributed by atoms with Crippen molar-refractivity contribution in [1.29, 1.82) is 0 Å². The first-order valence-corrected chi connectivity index (χ1v) is 7.76. The van der Waals surface area contributed by atoms with Crippen LogP contribution in [0.1, 0.15) is 81.1 Å². The van der Waals surface area contributed by atoms with E-state index in [2.05, 4.69) is 41.5 Å². The summed E-state index contributed by atoms with van der Waals surface area (Å²) in [5.41, 5.74) is 1.29. The molecule has 2 heterocycles. The van der Waals surface area contributed by atoms with Crippen molar-refractivity contribution in [1.82, 2.24) is 0 Å². The van der Waals surface area contributed by atoms with Crippen LogP contribution in [0.15, 0.2) is 0 Å². The monoisotopic (exact) mass is 254 g/mol. The molecule has 0 atom stereocenters. The molecule has 108 valence electrons. The van der Waals surface area contributed by atoms with E-state index in [1.54, 1.807) is 0 Å². The van der Waals surface area contributed by atoms with E-state index in [0.29, 0.717) is 10.8 Å². The summed E-state index contributed by atoms with van der Waals surface area (Å²) in [6.45, 7) is 19.1. The Labute approximate surface area is 115 Å². The van der Waals surface area contributed by atoms with Crippen molar-refractivity contribution in [2.24, 2.45) is 16.2 Å². The summed E-state index contributed by atoms with van der Waals surface area (Å²) in [6, 6.07) is 0. The Kier molecular flexibility index (Phi) is 4.28. The highest BCUT2D eigenvalue weighted by Crippen LogP contribution is 2.60. The molecule has 0 radical (unpaired) electrons. The van der Waals surface area contributed by atoms with Crippen molar-refractivity contribution in [3.05, 3.63) is 0 Å². The minimum atomic E-state index is 0.167. The van der Waals surface area contributed by atoms with E-state index in [4.69, 9.17) is 4.74 Å². The van der Waals surface area contributed by atoms with E-state index >= 15 is 0 Å². The average molecular weight is 254 g/mol. The van der Waals surface area contributed by atoms with E-state index < -0.39 is 0 Å². The molecule has 3 rings (SSSR count). The van der Waals surface area contributed by atoms with Gasteiger partial charge in [0.25, 0.3) is 0 Å². The lowest BCUT2D eigenvalue weighted by atomic mass is 9.52. The summed E-state index contributed by atoms with van der Waals surface area (Å²) >= 11 is 0. The lowest BCUT2D eigenvalue weighted by Crippen LogP contribution is -2.60. The van der Waals surface area contributed by atoms with Crippen molar-refractivity contribution >= 4 is 0 Å². The van der Waals surface area contributed by atoms with Gasteiger partial charge in [-0.25, -0.2) is 0 Å². The summed E-state index contributed by atoms with van der Waals surface area (Å²) in [5, 5.41) is 0. The predicted molar refractivity (Wildman–Crippen MR) is 79.8 cm³/mol. The fourth-order valence-corrected chi connectivity index (χ4v) is 3.63. The molecule has 1 nitrogen and oxygen atoms in total. The van der Waals surface area contributed by atoms with Gasteiger partial charge in [0, 0.05) is 0 Å². The molecule has 18 heavy (non-hydrogen) atoms. The molecular weight excluding hydrogens is 220 g/mol. The molecule has 0 aromatic heterocycles. The van der Waals surface area contributed by atoms with Gasteiger partial charge in [-0.1, -0.05) is 55.4 Å². The van der Waals surface area contributed by atoms with Crippen LogP contribution in [0.4, 0.5) is 0 Å². The minimum Gasteiger partial charge on any atom is -0.374 e. The fraction of sp³-hybridized carbons (Fsp3) is 1.00. The topological polar surface area (TPSA) is 9.23 Å². The third-order valence-corrected chi connectivity index (χ3v) is 5.60. The van der Waals surface area contributed by atoms with Crippen LogP contribution in [0.5, 0.6) is 0 Å². The second-order valence-electron chi connectivity index (χ2n) is 8.06. The average Bonchev–Trinajstić information content (AvgIpc) is 2.31. The van der Waals surface area contributed by atoms with Gasteiger partial charge in [0.1, 0.15) is 0 Å². The Morgan fingerprint density at radius 3 is 1.39 bits per heavy atom. The largest absolute Gasteiger partial charge is 0.374 e. The first-order chi connectivity index (χ1) is 8.12. The third kappa shape index (κ3) is 2.35. The SMILES string of the molecule is CC.CC(C)(C)C12CCC(C(C)(C)C)(CC1)OC2. The molecule has 0 spiro atoms. The second-order valence-corrected chi connectivity index (χ2v) is 8.06. The molecule has 1 saturated carbocycles. The molecule has 0 amide bonds. The van der Waals surface area contributed by atoms with Crippen LogP contribution in [-0.4, -0.2) is 12.2 Å². The van der Waals surface area contributed by atoms with Crippen molar-refractivity contribution < 1.29 is 4.74 Å². The van der Waals surface area contributed by atoms with Crippen molar-refractivity contribution in [2.75, 3.05) is 6.61 Å². The van der Waals surface area contributed by atoms with Gasteiger partial charge in [0.2, 0.25) is 0 Å². The second kappa shape index (κ2) is 4.81. The zero-order valence-corrected chi connectivity index (χ0v) is 13.9. The summed E-state index contributed by atoms with van der Waals surface area (Å²) < 4.78 is 6.36. The Balaban J connectivity index is 0.000000771. The molecule has 3 aliphatic rings.